The van der Waals surface area contributed by atoms with Crippen molar-refractivity contribution in [1.29, 1.82) is 0 Å². The predicted molar refractivity (Wildman–Crippen MR) is 111 cm³/mol. The zero-order valence-electron chi connectivity index (χ0n) is 14.8. The standard InChI is InChI=1S/C23H24OP/c1-3-24-20(2)19-25(21-13-7-4-8-14-21,22-15-9-5-10-16-22)23-17-11-6-12-18-23/h4-19H,3H2,1-2H3/q+1. The summed E-state index contributed by atoms with van der Waals surface area (Å²) >= 11 is 0. The van der Waals surface area contributed by atoms with Crippen molar-refractivity contribution in [2.24, 2.45) is 0 Å². The highest BCUT2D eigenvalue weighted by Gasteiger charge is 2.44. The highest BCUT2D eigenvalue weighted by atomic mass is 31.2. The lowest BCUT2D eigenvalue weighted by Gasteiger charge is -2.24. The number of rotatable bonds is 6. The fourth-order valence-corrected chi connectivity index (χ4v) is 7.09. The second kappa shape index (κ2) is 8.14. The van der Waals surface area contributed by atoms with E-state index in [-0.39, 0.29) is 0 Å². The van der Waals surface area contributed by atoms with Crippen LogP contribution in [0.1, 0.15) is 13.8 Å². The number of ether oxygens (including phenoxy) is 1. The highest BCUT2D eigenvalue weighted by Crippen LogP contribution is 2.57. The van der Waals surface area contributed by atoms with Gasteiger partial charge in [-0.2, -0.15) is 0 Å². The number of hydrogen-bond acceptors (Lipinski definition) is 1. The van der Waals surface area contributed by atoms with Gasteiger partial charge < -0.3 is 4.74 Å². The van der Waals surface area contributed by atoms with Crippen LogP contribution in [-0.4, -0.2) is 6.61 Å². The van der Waals surface area contributed by atoms with E-state index in [0.717, 1.165) is 5.76 Å². The van der Waals surface area contributed by atoms with Crippen LogP contribution in [-0.2, 0) is 4.74 Å². The third-order valence-electron chi connectivity index (χ3n) is 4.24. The Morgan fingerprint density at radius 3 is 1.40 bits per heavy atom. The fraction of sp³-hybridized carbons (Fsp3) is 0.130. The Hall–Kier alpha value is -2.37. The minimum atomic E-state index is -1.93. The number of allylic oxidation sites excluding steroid dienone is 1. The van der Waals surface area contributed by atoms with Crippen LogP contribution in [0.4, 0.5) is 0 Å². The summed E-state index contributed by atoms with van der Waals surface area (Å²) in [6.07, 6.45) is 0. The van der Waals surface area contributed by atoms with Crippen molar-refractivity contribution in [3.05, 3.63) is 103 Å². The van der Waals surface area contributed by atoms with Gasteiger partial charge in [-0.25, -0.2) is 0 Å². The van der Waals surface area contributed by atoms with E-state index in [0.29, 0.717) is 6.61 Å². The van der Waals surface area contributed by atoms with Gasteiger partial charge in [0.15, 0.2) is 0 Å². The van der Waals surface area contributed by atoms with Gasteiger partial charge in [0.05, 0.1) is 6.61 Å². The molecule has 0 aromatic heterocycles. The van der Waals surface area contributed by atoms with Crippen LogP contribution < -0.4 is 15.9 Å². The van der Waals surface area contributed by atoms with Gasteiger partial charge in [-0.3, -0.25) is 0 Å². The smallest absolute Gasteiger partial charge is 0.140 e. The van der Waals surface area contributed by atoms with E-state index < -0.39 is 7.26 Å². The molecule has 25 heavy (non-hydrogen) atoms. The summed E-state index contributed by atoms with van der Waals surface area (Å²) in [6, 6.07) is 32.4. The molecule has 0 N–H and O–H groups in total. The summed E-state index contributed by atoms with van der Waals surface area (Å²) < 4.78 is 5.85. The van der Waals surface area contributed by atoms with Gasteiger partial charge in [-0.1, -0.05) is 54.6 Å². The summed E-state index contributed by atoms with van der Waals surface area (Å²) in [5.74, 6) is 3.34. The van der Waals surface area contributed by atoms with Gasteiger partial charge in [-0.05, 0) is 50.2 Å². The summed E-state index contributed by atoms with van der Waals surface area (Å²) in [4.78, 5) is 0. The van der Waals surface area contributed by atoms with Crippen LogP contribution >= 0.6 is 7.26 Å². The zero-order chi connectivity index (χ0) is 17.5. The van der Waals surface area contributed by atoms with Crippen molar-refractivity contribution in [1.82, 2.24) is 0 Å². The average molecular weight is 347 g/mol. The van der Waals surface area contributed by atoms with Crippen molar-refractivity contribution < 1.29 is 4.74 Å². The molecule has 0 fully saturated rings. The first-order valence-electron chi connectivity index (χ1n) is 8.65. The van der Waals surface area contributed by atoms with Crippen molar-refractivity contribution in [2.75, 3.05) is 6.61 Å². The van der Waals surface area contributed by atoms with E-state index in [2.05, 4.69) is 104 Å². The molecule has 0 heterocycles. The molecule has 0 saturated heterocycles. The molecule has 3 aromatic carbocycles. The Balaban J connectivity index is 2.34. The first-order valence-corrected chi connectivity index (χ1v) is 10.5. The molecular weight excluding hydrogens is 323 g/mol. The van der Waals surface area contributed by atoms with Crippen molar-refractivity contribution in [2.45, 2.75) is 13.8 Å². The summed E-state index contributed by atoms with van der Waals surface area (Å²) in [7, 11) is -1.93. The monoisotopic (exact) mass is 347 g/mol. The molecule has 0 aliphatic heterocycles. The van der Waals surface area contributed by atoms with Gasteiger partial charge in [0.25, 0.3) is 0 Å². The van der Waals surface area contributed by atoms with Gasteiger partial charge in [0, 0.05) is 0 Å². The van der Waals surface area contributed by atoms with Crippen molar-refractivity contribution in [3.63, 3.8) is 0 Å². The Morgan fingerprint density at radius 2 is 1.08 bits per heavy atom. The molecule has 0 bridgehead atoms. The molecule has 3 rings (SSSR count). The zero-order valence-corrected chi connectivity index (χ0v) is 15.7. The fourth-order valence-electron chi connectivity index (χ4n) is 3.20. The van der Waals surface area contributed by atoms with Crippen LogP contribution in [0, 0.1) is 0 Å². The molecule has 0 aliphatic rings. The van der Waals surface area contributed by atoms with Crippen LogP contribution in [0.25, 0.3) is 0 Å². The Labute approximate surface area is 151 Å². The number of benzene rings is 3. The molecule has 3 aromatic rings. The van der Waals surface area contributed by atoms with E-state index in [1.807, 2.05) is 6.92 Å². The minimum Gasteiger partial charge on any atom is -0.495 e. The normalized spacial score (nSPS) is 12.0. The molecule has 0 unspecified atom stereocenters. The molecule has 0 aliphatic carbocycles. The second-order valence-corrected chi connectivity index (χ2v) is 9.15. The Kier molecular flexibility index (Phi) is 5.68. The molecular formula is C23H24OP+. The van der Waals surface area contributed by atoms with Gasteiger partial charge in [0.2, 0.25) is 0 Å². The largest absolute Gasteiger partial charge is 0.495 e. The third-order valence-corrected chi connectivity index (χ3v) is 8.33. The molecule has 126 valence electrons. The van der Waals surface area contributed by atoms with Crippen molar-refractivity contribution in [3.8, 4) is 0 Å². The molecule has 0 atom stereocenters. The Morgan fingerprint density at radius 1 is 0.720 bits per heavy atom. The SMILES string of the molecule is CCOC(C)=C[P+](c1ccccc1)(c1ccccc1)c1ccccc1. The van der Waals surface area contributed by atoms with Gasteiger partial charge in [0.1, 0.15) is 34.8 Å². The topological polar surface area (TPSA) is 9.23 Å². The van der Waals surface area contributed by atoms with Gasteiger partial charge >= 0.3 is 0 Å². The summed E-state index contributed by atoms with van der Waals surface area (Å²) in [5, 5.41) is 4.02. The lowest BCUT2D eigenvalue weighted by atomic mass is 10.4. The maximum absolute atomic E-state index is 5.85. The maximum Gasteiger partial charge on any atom is 0.140 e. The lowest BCUT2D eigenvalue weighted by molar-refractivity contribution is 0.232. The van der Waals surface area contributed by atoms with E-state index in [1.165, 1.54) is 15.9 Å². The minimum absolute atomic E-state index is 0.681. The molecule has 2 heteroatoms. The molecule has 1 nitrogen and oxygen atoms in total. The number of hydrogen-bond donors (Lipinski definition) is 0. The molecule has 0 spiro atoms. The van der Waals surface area contributed by atoms with Crippen LogP contribution in [0.5, 0.6) is 0 Å². The van der Waals surface area contributed by atoms with Crippen LogP contribution in [0.3, 0.4) is 0 Å². The molecule has 0 saturated carbocycles. The van der Waals surface area contributed by atoms with Gasteiger partial charge in [-0.15, -0.1) is 0 Å². The van der Waals surface area contributed by atoms with Crippen LogP contribution in [0.2, 0.25) is 0 Å². The molecule has 0 radical (unpaired) electrons. The predicted octanol–water partition coefficient (Wildman–Crippen LogP) is 4.88. The van der Waals surface area contributed by atoms with E-state index in [9.17, 15) is 0 Å². The Bertz CT molecular complexity index is 714. The quantitative estimate of drug-likeness (QED) is 0.456. The van der Waals surface area contributed by atoms with Crippen molar-refractivity contribution >= 4 is 23.2 Å². The van der Waals surface area contributed by atoms with E-state index >= 15 is 0 Å². The first kappa shape index (κ1) is 17.5. The molecule has 0 amide bonds. The maximum atomic E-state index is 5.85. The summed E-state index contributed by atoms with van der Waals surface area (Å²) in [5.41, 5.74) is 0. The van der Waals surface area contributed by atoms with Crippen LogP contribution in [0.15, 0.2) is 103 Å². The highest BCUT2D eigenvalue weighted by molar-refractivity contribution is 7.98. The second-order valence-electron chi connectivity index (χ2n) is 5.90. The third kappa shape index (κ3) is 3.67. The summed E-state index contributed by atoms with van der Waals surface area (Å²) in [6.45, 7) is 4.78. The first-order chi connectivity index (χ1) is 12.3. The average Bonchev–Trinajstić information content (AvgIpc) is 2.68. The van der Waals surface area contributed by atoms with E-state index in [4.69, 9.17) is 4.74 Å². The lowest BCUT2D eigenvalue weighted by Crippen LogP contribution is -2.29. The van der Waals surface area contributed by atoms with E-state index in [1.54, 1.807) is 0 Å².